The number of rotatable bonds is 0. The molecule has 0 saturated heterocycles. The molecule has 3 atom stereocenters. The van der Waals surface area contributed by atoms with Crippen molar-refractivity contribution in [2.24, 2.45) is 5.92 Å². The third-order valence-corrected chi connectivity index (χ3v) is 3.21. The van der Waals surface area contributed by atoms with E-state index in [1.54, 1.807) is 0 Å². The van der Waals surface area contributed by atoms with Crippen molar-refractivity contribution in [3.05, 3.63) is 0 Å². The van der Waals surface area contributed by atoms with Crippen LogP contribution in [0.3, 0.4) is 0 Å². The molecule has 58 valence electrons. The van der Waals surface area contributed by atoms with Gasteiger partial charge in [-0.2, -0.15) is 0 Å². The second-order valence-corrected chi connectivity index (χ2v) is 3.67. The van der Waals surface area contributed by atoms with Crippen LogP contribution in [0.15, 0.2) is 0 Å². The lowest BCUT2D eigenvalue weighted by Crippen LogP contribution is -2.58. The minimum absolute atomic E-state index is 0.413. The molecule has 0 aromatic heterocycles. The Labute approximate surface area is 60.9 Å². The van der Waals surface area contributed by atoms with Crippen LogP contribution in [-0.4, -0.2) is 21.9 Å². The fraction of sp³-hybridized carbons (Fsp3) is 1.00. The van der Waals surface area contributed by atoms with E-state index < -0.39 is 11.7 Å². The highest BCUT2D eigenvalue weighted by Gasteiger charge is 2.51. The van der Waals surface area contributed by atoms with Crippen LogP contribution in [0.1, 0.15) is 32.1 Å². The summed E-state index contributed by atoms with van der Waals surface area (Å²) in [7, 11) is 0. The van der Waals surface area contributed by atoms with Gasteiger partial charge in [-0.1, -0.05) is 6.42 Å². The van der Waals surface area contributed by atoms with Crippen LogP contribution in [-0.2, 0) is 0 Å². The Balaban J connectivity index is 2.12. The molecular formula is C8H14O2. The Morgan fingerprint density at radius 2 is 2.00 bits per heavy atom. The van der Waals surface area contributed by atoms with Crippen LogP contribution in [0.5, 0.6) is 0 Å². The van der Waals surface area contributed by atoms with Gasteiger partial charge in [-0.25, -0.2) is 0 Å². The smallest absolute Gasteiger partial charge is 0.0933 e. The first-order chi connectivity index (χ1) is 4.73. The second kappa shape index (κ2) is 1.95. The van der Waals surface area contributed by atoms with Gasteiger partial charge in [0.25, 0.3) is 0 Å². The van der Waals surface area contributed by atoms with E-state index in [1.165, 1.54) is 0 Å². The molecule has 0 aliphatic heterocycles. The molecule has 0 aromatic carbocycles. The maximum atomic E-state index is 9.75. The predicted molar refractivity (Wildman–Crippen MR) is 37.5 cm³/mol. The Hall–Kier alpha value is -0.0800. The van der Waals surface area contributed by atoms with E-state index >= 15 is 0 Å². The van der Waals surface area contributed by atoms with Crippen molar-refractivity contribution in [3.8, 4) is 0 Å². The molecule has 0 heterocycles. The average Bonchev–Trinajstić information content (AvgIpc) is 1.90. The van der Waals surface area contributed by atoms with Gasteiger partial charge in [0.15, 0.2) is 0 Å². The number of hydrogen-bond donors (Lipinski definition) is 2. The summed E-state index contributed by atoms with van der Waals surface area (Å²) in [5.41, 5.74) is -0.668. The maximum Gasteiger partial charge on any atom is 0.0933 e. The highest BCUT2D eigenvalue weighted by Crippen LogP contribution is 2.48. The monoisotopic (exact) mass is 142 g/mol. The molecule has 2 fully saturated rings. The summed E-state index contributed by atoms with van der Waals surface area (Å²) in [6.07, 6.45) is 4.51. The Bertz CT molecular complexity index is 138. The molecule has 2 aliphatic rings. The summed E-state index contributed by atoms with van der Waals surface area (Å²) >= 11 is 0. The zero-order valence-electron chi connectivity index (χ0n) is 6.08. The summed E-state index contributed by atoms with van der Waals surface area (Å²) < 4.78 is 0. The van der Waals surface area contributed by atoms with Gasteiger partial charge in [-0.05, 0) is 31.6 Å². The second-order valence-electron chi connectivity index (χ2n) is 3.67. The van der Waals surface area contributed by atoms with E-state index in [0.29, 0.717) is 5.92 Å². The van der Waals surface area contributed by atoms with Crippen LogP contribution in [0, 0.1) is 5.92 Å². The van der Waals surface area contributed by atoms with E-state index in [9.17, 15) is 10.2 Å². The lowest BCUT2D eigenvalue weighted by Gasteiger charge is -2.51. The average molecular weight is 142 g/mol. The largest absolute Gasteiger partial charge is 0.390 e. The Morgan fingerprint density at radius 3 is 2.40 bits per heavy atom. The van der Waals surface area contributed by atoms with Crippen molar-refractivity contribution in [1.29, 1.82) is 0 Å². The molecular weight excluding hydrogens is 128 g/mol. The van der Waals surface area contributed by atoms with E-state index in [0.717, 1.165) is 32.1 Å². The minimum atomic E-state index is -0.668. The van der Waals surface area contributed by atoms with Gasteiger partial charge in [0.05, 0.1) is 11.7 Å². The number of fused-ring (bicyclic) bond motifs is 1. The van der Waals surface area contributed by atoms with Crippen LogP contribution in [0.4, 0.5) is 0 Å². The first-order valence-corrected chi connectivity index (χ1v) is 4.14. The zero-order valence-corrected chi connectivity index (χ0v) is 6.08. The van der Waals surface area contributed by atoms with Gasteiger partial charge in [0.1, 0.15) is 0 Å². The SMILES string of the molecule is OC1CCCC2CCC12O. The van der Waals surface area contributed by atoms with Crippen molar-refractivity contribution in [2.45, 2.75) is 43.8 Å². The molecule has 0 amide bonds. The van der Waals surface area contributed by atoms with Crippen LogP contribution < -0.4 is 0 Å². The molecule has 2 rings (SSSR count). The first-order valence-electron chi connectivity index (χ1n) is 4.14. The third kappa shape index (κ3) is 0.663. The Kier molecular flexibility index (Phi) is 1.29. The van der Waals surface area contributed by atoms with Crippen LogP contribution in [0.25, 0.3) is 0 Å². The van der Waals surface area contributed by atoms with Gasteiger partial charge in [-0.15, -0.1) is 0 Å². The zero-order chi connectivity index (χ0) is 7.19. The van der Waals surface area contributed by atoms with Gasteiger partial charge < -0.3 is 10.2 Å². The highest BCUT2D eigenvalue weighted by molar-refractivity contribution is 5.03. The fourth-order valence-corrected chi connectivity index (χ4v) is 2.28. The molecule has 2 aliphatic carbocycles. The van der Waals surface area contributed by atoms with Crippen molar-refractivity contribution in [3.63, 3.8) is 0 Å². The first kappa shape index (κ1) is 6.62. The molecule has 2 heteroatoms. The molecule has 3 unspecified atom stereocenters. The summed E-state index contributed by atoms with van der Waals surface area (Å²) in [5.74, 6) is 0.413. The van der Waals surface area contributed by atoms with Gasteiger partial charge in [0, 0.05) is 0 Å². The third-order valence-electron chi connectivity index (χ3n) is 3.21. The standard InChI is InChI=1S/C8H14O2/c9-7-3-1-2-6-4-5-8(6,7)10/h6-7,9-10H,1-5H2. The van der Waals surface area contributed by atoms with Crippen LogP contribution >= 0.6 is 0 Å². The fourth-order valence-electron chi connectivity index (χ4n) is 2.28. The number of hydrogen-bond acceptors (Lipinski definition) is 2. The van der Waals surface area contributed by atoms with E-state index in [1.807, 2.05) is 0 Å². The summed E-state index contributed by atoms with van der Waals surface area (Å²) in [6, 6.07) is 0. The summed E-state index contributed by atoms with van der Waals surface area (Å²) in [6.45, 7) is 0. The molecule has 0 aromatic rings. The molecule has 10 heavy (non-hydrogen) atoms. The summed E-state index contributed by atoms with van der Waals surface area (Å²) in [5, 5.41) is 19.2. The van der Waals surface area contributed by atoms with Crippen LogP contribution in [0.2, 0.25) is 0 Å². The molecule has 2 N–H and O–H groups in total. The lowest BCUT2D eigenvalue weighted by atomic mass is 9.60. The Morgan fingerprint density at radius 1 is 1.20 bits per heavy atom. The topological polar surface area (TPSA) is 40.5 Å². The number of aliphatic hydroxyl groups excluding tert-OH is 1. The van der Waals surface area contributed by atoms with E-state index in [-0.39, 0.29) is 0 Å². The van der Waals surface area contributed by atoms with Gasteiger partial charge in [-0.3, -0.25) is 0 Å². The van der Waals surface area contributed by atoms with E-state index in [4.69, 9.17) is 0 Å². The minimum Gasteiger partial charge on any atom is -0.390 e. The van der Waals surface area contributed by atoms with Gasteiger partial charge in [0.2, 0.25) is 0 Å². The molecule has 2 saturated carbocycles. The maximum absolute atomic E-state index is 9.75. The lowest BCUT2D eigenvalue weighted by molar-refractivity contribution is -0.189. The van der Waals surface area contributed by atoms with Crippen molar-refractivity contribution in [2.75, 3.05) is 0 Å². The van der Waals surface area contributed by atoms with Crippen molar-refractivity contribution in [1.82, 2.24) is 0 Å². The predicted octanol–water partition coefficient (Wildman–Crippen LogP) is 0.672. The number of aliphatic hydroxyl groups is 2. The molecule has 0 spiro atoms. The quantitative estimate of drug-likeness (QED) is 0.522. The van der Waals surface area contributed by atoms with Gasteiger partial charge >= 0.3 is 0 Å². The summed E-state index contributed by atoms with van der Waals surface area (Å²) in [4.78, 5) is 0. The molecule has 2 nitrogen and oxygen atoms in total. The normalized spacial score (nSPS) is 53.4. The highest BCUT2D eigenvalue weighted by atomic mass is 16.3. The molecule has 0 bridgehead atoms. The van der Waals surface area contributed by atoms with Crippen molar-refractivity contribution < 1.29 is 10.2 Å². The van der Waals surface area contributed by atoms with E-state index in [2.05, 4.69) is 0 Å². The van der Waals surface area contributed by atoms with Crippen molar-refractivity contribution >= 4 is 0 Å². The molecule has 0 radical (unpaired) electrons.